The SMILES string of the molecule is CC(C=NNC(=O)CCC(=O)Nc1ccc(I)cc1)=Cc1ccc(C(C)C)cc1. The van der Waals surface area contributed by atoms with Gasteiger partial charge in [0, 0.05) is 22.1 Å². The summed E-state index contributed by atoms with van der Waals surface area (Å²) in [5.41, 5.74) is 6.47. The van der Waals surface area contributed by atoms with Gasteiger partial charge in [0.2, 0.25) is 11.8 Å². The van der Waals surface area contributed by atoms with Gasteiger partial charge in [0.05, 0.1) is 6.21 Å². The van der Waals surface area contributed by atoms with Crippen molar-refractivity contribution in [2.75, 3.05) is 5.32 Å². The van der Waals surface area contributed by atoms with Crippen LogP contribution in [0.2, 0.25) is 0 Å². The maximum absolute atomic E-state index is 11.9. The Morgan fingerprint density at radius 3 is 2.24 bits per heavy atom. The fraction of sp³-hybridized carbons (Fsp3) is 0.261. The Balaban J connectivity index is 1.75. The predicted molar refractivity (Wildman–Crippen MR) is 128 cm³/mol. The number of benzene rings is 2. The molecule has 0 aromatic heterocycles. The minimum absolute atomic E-state index is 0.0764. The molecular formula is C23H26IN3O2. The quantitative estimate of drug-likeness (QED) is 0.290. The van der Waals surface area contributed by atoms with Crippen LogP contribution < -0.4 is 10.7 Å². The van der Waals surface area contributed by atoms with Crippen molar-refractivity contribution in [1.82, 2.24) is 5.43 Å². The zero-order chi connectivity index (χ0) is 21.2. The normalized spacial score (nSPS) is 11.7. The summed E-state index contributed by atoms with van der Waals surface area (Å²) in [5, 5.41) is 6.73. The molecule has 0 fully saturated rings. The lowest BCUT2D eigenvalue weighted by atomic mass is 10.0. The molecule has 2 amide bonds. The first kappa shape index (κ1) is 22.8. The van der Waals surface area contributed by atoms with E-state index in [1.54, 1.807) is 6.21 Å². The molecule has 0 aliphatic carbocycles. The summed E-state index contributed by atoms with van der Waals surface area (Å²) in [6.07, 6.45) is 3.77. The highest BCUT2D eigenvalue weighted by Crippen LogP contribution is 2.16. The van der Waals surface area contributed by atoms with E-state index in [-0.39, 0.29) is 24.7 Å². The van der Waals surface area contributed by atoms with Gasteiger partial charge in [0.1, 0.15) is 0 Å². The summed E-state index contributed by atoms with van der Waals surface area (Å²) in [7, 11) is 0. The fourth-order valence-electron chi connectivity index (χ4n) is 2.52. The van der Waals surface area contributed by atoms with E-state index in [0.717, 1.165) is 20.4 Å². The largest absolute Gasteiger partial charge is 0.326 e. The molecule has 0 aliphatic rings. The Hall–Kier alpha value is -2.48. The zero-order valence-corrected chi connectivity index (χ0v) is 19.1. The highest BCUT2D eigenvalue weighted by molar-refractivity contribution is 14.1. The number of hydrogen-bond acceptors (Lipinski definition) is 3. The van der Waals surface area contributed by atoms with Gasteiger partial charge in [-0.1, -0.05) is 44.2 Å². The van der Waals surface area contributed by atoms with E-state index in [2.05, 4.69) is 76.5 Å². The number of nitrogens with one attached hydrogen (secondary N) is 2. The number of allylic oxidation sites excluding steroid dienone is 1. The standard InChI is InChI=1S/C23H26IN3O2/c1-16(2)19-6-4-18(5-7-19)14-17(3)15-25-27-23(29)13-12-22(28)26-21-10-8-20(24)9-11-21/h4-11,14-16H,12-13H2,1-3H3,(H,26,28)(H,27,29). The molecule has 5 nitrogen and oxygen atoms in total. The van der Waals surface area contributed by atoms with Crippen LogP contribution in [-0.2, 0) is 9.59 Å². The molecule has 2 aromatic carbocycles. The highest BCUT2D eigenvalue weighted by atomic mass is 127. The average Bonchev–Trinajstić information content (AvgIpc) is 2.68. The monoisotopic (exact) mass is 503 g/mol. The smallest absolute Gasteiger partial charge is 0.240 e. The van der Waals surface area contributed by atoms with Crippen LogP contribution in [0.3, 0.4) is 0 Å². The van der Waals surface area contributed by atoms with Crippen molar-refractivity contribution < 1.29 is 9.59 Å². The minimum atomic E-state index is -0.298. The first-order chi connectivity index (χ1) is 13.8. The second-order valence-corrected chi connectivity index (χ2v) is 8.30. The van der Waals surface area contributed by atoms with Gasteiger partial charge < -0.3 is 5.32 Å². The molecule has 0 unspecified atom stereocenters. The Morgan fingerprint density at radius 1 is 1.00 bits per heavy atom. The Bertz CT molecular complexity index is 885. The molecule has 0 aliphatic heterocycles. The van der Waals surface area contributed by atoms with Gasteiger partial charge >= 0.3 is 0 Å². The van der Waals surface area contributed by atoms with Crippen LogP contribution in [-0.4, -0.2) is 18.0 Å². The molecule has 0 heterocycles. The number of amides is 2. The van der Waals surface area contributed by atoms with Gasteiger partial charge in [-0.2, -0.15) is 5.10 Å². The number of rotatable bonds is 8. The lowest BCUT2D eigenvalue weighted by Crippen LogP contribution is -2.20. The number of hydrogen-bond donors (Lipinski definition) is 2. The molecule has 0 spiro atoms. The molecule has 29 heavy (non-hydrogen) atoms. The number of carbonyl (C=O) groups is 2. The van der Waals surface area contributed by atoms with Crippen LogP contribution >= 0.6 is 22.6 Å². The lowest BCUT2D eigenvalue weighted by Gasteiger charge is -2.05. The summed E-state index contributed by atoms with van der Waals surface area (Å²) in [4.78, 5) is 23.8. The number of halogens is 1. The molecule has 0 atom stereocenters. The molecule has 2 N–H and O–H groups in total. The summed E-state index contributed by atoms with van der Waals surface area (Å²) < 4.78 is 1.09. The van der Waals surface area contributed by atoms with E-state index in [9.17, 15) is 9.59 Å². The number of carbonyl (C=O) groups excluding carboxylic acids is 2. The maximum Gasteiger partial charge on any atom is 0.240 e. The van der Waals surface area contributed by atoms with Crippen molar-refractivity contribution in [2.45, 2.75) is 39.5 Å². The molecule has 0 saturated heterocycles. The third kappa shape index (κ3) is 8.60. The number of anilines is 1. The Labute approximate surface area is 185 Å². The van der Waals surface area contributed by atoms with Crippen molar-refractivity contribution in [3.8, 4) is 0 Å². The molecule has 0 bridgehead atoms. The second-order valence-electron chi connectivity index (χ2n) is 7.06. The summed E-state index contributed by atoms with van der Waals surface area (Å²) in [6.45, 7) is 6.25. The summed E-state index contributed by atoms with van der Waals surface area (Å²) in [5.74, 6) is 0.00362. The molecule has 152 valence electrons. The van der Waals surface area contributed by atoms with Crippen LogP contribution in [0.1, 0.15) is 50.7 Å². The van der Waals surface area contributed by atoms with E-state index in [0.29, 0.717) is 5.92 Å². The maximum atomic E-state index is 11.9. The summed E-state index contributed by atoms with van der Waals surface area (Å²) in [6, 6.07) is 15.8. The Kier molecular flexibility index (Phi) is 9.05. The third-order valence-corrected chi connectivity index (χ3v) is 4.88. The number of hydrazone groups is 1. The van der Waals surface area contributed by atoms with Crippen LogP contribution in [0, 0.1) is 3.57 Å². The van der Waals surface area contributed by atoms with Crippen molar-refractivity contribution >= 4 is 52.4 Å². The fourth-order valence-corrected chi connectivity index (χ4v) is 2.88. The van der Waals surface area contributed by atoms with Crippen molar-refractivity contribution in [3.05, 3.63) is 68.8 Å². The van der Waals surface area contributed by atoms with Gasteiger partial charge in [-0.3, -0.25) is 9.59 Å². The molecule has 0 saturated carbocycles. The van der Waals surface area contributed by atoms with E-state index in [1.807, 2.05) is 37.3 Å². The average molecular weight is 503 g/mol. The predicted octanol–water partition coefficient (Wildman–Crippen LogP) is 5.34. The first-order valence-electron chi connectivity index (χ1n) is 9.49. The van der Waals surface area contributed by atoms with E-state index in [4.69, 9.17) is 0 Å². The summed E-state index contributed by atoms with van der Waals surface area (Å²) >= 11 is 2.20. The minimum Gasteiger partial charge on any atom is -0.326 e. The molecular weight excluding hydrogens is 477 g/mol. The van der Waals surface area contributed by atoms with Gasteiger partial charge in [-0.05, 0) is 76.4 Å². The lowest BCUT2D eigenvalue weighted by molar-refractivity contribution is -0.124. The van der Waals surface area contributed by atoms with Gasteiger partial charge in [0.15, 0.2) is 0 Å². The van der Waals surface area contributed by atoms with Gasteiger partial charge in [-0.25, -0.2) is 5.43 Å². The van der Waals surface area contributed by atoms with Crippen LogP contribution in [0.25, 0.3) is 6.08 Å². The van der Waals surface area contributed by atoms with E-state index in [1.165, 1.54) is 5.56 Å². The second kappa shape index (κ2) is 11.5. The highest BCUT2D eigenvalue weighted by Gasteiger charge is 2.06. The van der Waals surface area contributed by atoms with Gasteiger partial charge in [0.25, 0.3) is 0 Å². The van der Waals surface area contributed by atoms with E-state index < -0.39 is 0 Å². The third-order valence-electron chi connectivity index (χ3n) is 4.16. The number of nitrogens with zero attached hydrogens (tertiary/aromatic N) is 1. The van der Waals surface area contributed by atoms with Crippen molar-refractivity contribution in [1.29, 1.82) is 0 Å². The zero-order valence-electron chi connectivity index (χ0n) is 16.9. The molecule has 2 aromatic rings. The van der Waals surface area contributed by atoms with Crippen molar-refractivity contribution in [2.24, 2.45) is 5.10 Å². The van der Waals surface area contributed by atoms with Gasteiger partial charge in [-0.15, -0.1) is 0 Å². The molecule has 0 radical (unpaired) electrons. The van der Waals surface area contributed by atoms with Crippen LogP contribution in [0.4, 0.5) is 5.69 Å². The van der Waals surface area contributed by atoms with Crippen molar-refractivity contribution in [3.63, 3.8) is 0 Å². The van der Waals surface area contributed by atoms with Crippen LogP contribution in [0.5, 0.6) is 0 Å². The first-order valence-corrected chi connectivity index (χ1v) is 10.6. The topological polar surface area (TPSA) is 70.6 Å². The van der Waals surface area contributed by atoms with E-state index >= 15 is 0 Å². The molecule has 6 heteroatoms. The Morgan fingerprint density at radius 2 is 1.62 bits per heavy atom. The van der Waals surface area contributed by atoms with Crippen LogP contribution in [0.15, 0.2) is 59.2 Å². The molecule has 2 rings (SSSR count).